The number of para-hydroxylation sites is 1. The van der Waals surface area contributed by atoms with Crippen molar-refractivity contribution in [2.45, 2.75) is 57.0 Å². The molecule has 1 fully saturated rings. The molecule has 1 saturated carbocycles. The highest BCUT2D eigenvalue weighted by Crippen LogP contribution is 2.34. The summed E-state index contributed by atoms with van der Waals surface area (Å²) in [5.74, 6) is 1.22. The lowest BCUT2D eigenvalue weighted by Gasteiger charge is -2.25. The van der Waals surface area contributed by atoms with Crippen LogP contribution in [0.4, 0.5) is 5.69 Å². The van der Waals surface area contributed by atoms with E-state index in [2.05, 4.69) is 20.6 Å². The number of methoxy groups -OCH3 is 2. The fourth-order valence-corrected chi connectivity index (χ4v) is 6.14. The minimum Gasteiger partial charge on any atom is -0.493 e. The maximum absolute atomic E-state index is 13.5. The second-order valence-electron chi connectivity index (χ2n) is 10.2. The van der Waals surface area contributed by atoms with Crippen molar-refractivity contribution in [3.05, 3.63) is 53.6 Å². The molecular weight excluding hydrogens is 542 g/mol. The van der Waals surface area contributed by atoms with E-state index in [1.807, 2.05) is 42.5 Å². The van der Waals surface area contributed by atoms with E-state index in [1.54, 1.807) is 14.2 Å². The smallest absolute Gasteiger partial charge is 0.259 e. The number of thioether (sulfide) groups is 1. The molecule has 41 heavy (non-hydrogen) atoms. The highest BCUT2D eigenvalue weighted by molar-refractivity contribution is 8.14. The van der Waals surface area contributed by atoms with Gasteiger partial charge in [0.1, 0.15) is 11.9 Å². The molecule has 2 aliphatic heterocycles. The van der Waals surface area contributed by atoms with Crippen LogP contribution >= 0.6 is 11.8 Å². The highest BCUT2D eigenvalue weighted by Gasteiger charge is 2.42. The van der Waals surface area contributed by atoms with Crippen LogP contribution in [0, 0.1) is 0 Å². The SMILES string of the molecule is COc1ccc(CCNC(=O)CSC2=Nc3ccccc3C3=NC(CC(=O)NC4CCCCC4)C(=O)N23)cc1OC. The van der Waals surface area contributed by atoms with Crippen molar-refractivity contribution in [3.63, 3.8) is 0 Å². The Morgan fingerprint density at radius 1 is 1.02 bits per heavy atom. The summed E-state index contributed by atoms with van der Waals surface area (Å²) in [6.07, 6.45) is 5.99. The predicted octanol–water partition coefficient (Wildman–Crippen LogP) is 3.59. The molecule has 0 saturated heterocycles. The van der Waals surface area contributed by atoms with Crippen LogP contribution in [0.15, 0.2) is 52.4 Å². The van der Waals surface area contributed by atoms with E-state index in [0.717, 1.165) is 36.8 Å². The zero-order valence-electron chi connectivity index (χ0n) is 23.4. The van der Waals surface area contributed by atoms with E-state index in [9.17, 15) is 14.4 Å². The number of rotatable bonds is 10. The van der Waals surface area contributed by atoms with Crippen LogP contribution in [0.5, 0.6) is 11.5 Å². The third kappa shape index (κ3) is 6.73. The first-order valence-electron chi connectivity index (χ1n) is 14.0. The minimum absolute atomic E-state index is 0.00786. The number of aliphatic imine (C=N–C) groups is 2. The average molecular weight is 578 g/mol. The molecule has 5 rings (SSSR count). The number of hydrogen-bond acceptors (Lipinski definition) is 8. The Labute approximate surface area is 244 Å². The molecule has 3 aliphatic rings. The summed E-state index contributed by atoms with van der Waals surface area (Å²) in [6.45, 7) is 0.442. The highest BCUT2D eigenvalue weighted by atomic mass is 32.2. The number of carbonyl (C=O) groups excluding carboxylic acids is 3. The number of nitrogens with one attached hydrogen (secondary N) is 2. The number of amidine groups is 2. The fourth-order valence-electron chi connectivity index (χ4n) is 5.30. The Kier molecular flexibility index (Phi) is 9.23. The summed E-state index contributed by atoms with van der Waals surface area (Å²) in [6, 6.07) is 12.5. The largest absolute Gasteiger partial charge is 0.493 e. The maximum atomic E-state index is 13.5. The third-order valence-corrected chi connectivity index (χ3v) is 8.35. The molecule has 0 spiro atoms. The van der Waals surface area contributed by atoms with E-state index >= 15 is 0 Å². The summed E-state index contributed by atoms with van der Waals surface area (Å²) in [7, 11) is 3.17. The first kappa shape index (κ1) is 28.7. The Balaban J connectivity index is 1.19. The van der Waals surface area contributed by atoms with Gasteiger partial charge in [-0.1, -0.05) is 49.2 Å². The summed E-state index contributed by atoms with van der Waals surface area (Å²) in [5, 5.41) is 6.39. The molecule has 3 amide bonds. The molecule has 0 bridgehead atoms. The topological polar surface area (TPSA) is 122 Å². The number of fused-ring (bicyclic) bond motifs is 3. The van der Waals surface area contributed by atoms with Crippen molar-refractivity contribution < 1.29 is 23.9 Å². The number of carbonyl (C=O) groups is 3. The molecule has 1 aliphatic carbocycles. The molecule has 1 unspecified atom stereocenters. The molecule has 0 radical (unpaired) electrons. The summed E-state index contributed by atoms with van der Waals surface area (Å²) in [5.41, 5.74) is 2.42. The monoisotopic (exact) mass is 577 g/mol. The molecule has 2 aromatic carbocycles. The Morgan fingerprint density at radius 3 is 2.59 bits per heavy atom. The van der Waals surface area contributed by atoms with Crippen LogP contribution in [0.25, 0.3) is 0 Å². The van der Waals surface area contributed by atoms with Crippen LogP contribution < -0.4 is 20.1 Å². The van der Waals surface area contributed by atoms with Gasteiger partial charge in [-0.25, -0.2) is 9.89 Å². The molecule has 11 heteroatoms. The van der Waals surface area contributed by atoms with Gasteiger partial charge in [0.05, 0.1) is 32.1 Å². The Hall–Kier alpha value is -3.86. The first-order valence-corrected chi connectivity index (χ1v) is 14.9. The van der Waals surface area contributed by atoms with Gasteiger partial charge >= 0.3 is 0 Å². The molecule has 216 valence electrons. The molecule has 2 N–H and O–H groups in total. The van der Waals surface area contributed by atoms with Crippen LogP contribution in [-0.4, -0.2) is 72.2 Å². The van der Waals surface area contributed by atoms with Crippen molar-refractivity contribution in [1.29, 1.82) is 0 Å². The van der Waals surface area contributed by atoms with Gasteiger partial charge in [0, 0.05) is 18.2 Å². The van der Waals surface area contributed by atoms with Crippen molar-refractivity contribution in [2.24, 2.45) is 9.98 Å². The average Bonchev–Trinajstić information content (AvgIpc) is 3.32. The lowest BCUT2D eigenvalue weighted by molar-refractivity contribution is -0.129. The second kappa shape index (κ2) is 13.2. The standard InChI is InChI=1S/C30H35N5O5S/c1-39-24-13-12-19(16-25(24)40-2)14-15-31-27(37)18-41-30-34-22-11-7-6-10-21(22)28-33-23(29(38)35(28)30)17-26(36)32-20-8-4-3-5-9-20/h6-7,10-13,16,20,23H,3-5,8-9,14-15,17-18H2,1-2H3,(H,31,37)(H,32,36). The molecule has 10 nitrogen and oxygen atoms in total. The van der Waals surface area contributed by atoms with Crippen LogP contribution in [0.1, 0.15) is 49.7 Å². The fraction of sp³-hybridized carbons (Fsp3) is 0.433. The molecule has 2 aromatic rings. The number of benzene rings is 2. The molecule has 2 heterocycles. The quantitative estimate of drug-likeness (QED) is 0.445. The van der Waals surface area contributed by atoms with E-state index in [1.165, 1.54) is 23.1 Å². The van der Waals surface area contributed by atoms with Gasteiger partial charge in [-0.05, 0) is 49.1 Å². The van der Waals surface area contributed by atoms with Crippen molar-refractivity contribution >= 4 is 46.2 Å². The van der Waals surface area contributed by atoms with Crippen molar-refractivity contribution in [1.82, 2.24) is 15.5 Å². The van der Waals surface area contributed by atoms with Gasteiger partial charge in [-0.15, -0.1) is 0 Å². The lowest BCUT2D eigenvalue weighted by atomic mass is 9.95. The van der Waals surface area contributed by atoms with Gasteiger partial charge in [0.2, 0.25) is 11.8 Å². The molecule has 1 atom stereocenters. The summed E-state index contributed by atoms with van der Waals surface area (Å²) < 4.78 is 10.6. The second-order valence-corrected chi connectivity index (χ2v) is 11.2. The van der Waals surface area contributed by atoms with Gasteiger partial charge in [-0.2, -0.15) is 0 Å². The van der Waals surface area contributed by atoms with Crippen molar-refractivity contribution in [2.75, 3.05) is 26.5 Å². The predicted molar refractivity (Wildman–Crippen MR) is 159 cm³/mol. The van der Waals surface area contributed by atoms with Crippen molar-refractivity contribution in [3.8, 4) is 11.5 Å². The number of hydrogen-bond donors (Lipinski definition) is 2. The first-order chi connectivity index (χ1) is 20.0. The number of amides is 3. The summed E-state index contributed by atoms with van der Waals surface area (Å²) in [4.78, 5) is 49.8. The molecular formula is C30H35N5O5S. The number of nitrogens with zero attached hydrogens (tertiary/aromatic N) is 3. The van der Waals surface area contributed by atoms with Crippen LogP contribution in [0.3, 0.4) is 0 Å². The minimum atomic E-state index is -0.819. The van der Waals surface area contributed by atoms with E-state index in [4.69, 9.17) is 9.47 Å². The maximum Gasteiger partial charge on any atom is 0.259 e. The van der Waals surface area contributed by atoms with Crippen LogP contribution in [-0.2, 0) is 20.8 Å². The van der Waals surface area contributed by atoms with Gasteiger partial charge in [0.25, 0.3) is 5.91 Å². The van der Waals surface area contributed by atoms with Gasteiger partial charge in [-0.3, -0.25) is 19.4 Å². The summed E-state index contributed by atoms with van der Waals surface area (Å²) >= 11 is 1.18. The lowest BCUT2D eigenvalue weighted by Crippen LogP contribution is -2.43. The van der Waals surface area contributed by atoms with Gasteiger partial charge in [0.15, 0.2) is 16.7 Å². The third-order valence-electron chi connectivity index (χ3n) is 7.41. The van der Waals surface area contributed by atoms with E-state index in [0.29, 0.717) is 41.2 Å². The van der Waals surface area contributed by atoms with E-state index < -0.39 is 6.04 Å². The van der Waals surface area contributed by atoms with Crippen LogP contribution in [0.2, 0.25) is 0 Å². The molecule has 0 aromatic heterocycles. The zero-order chi connectivity index (χ0) is 28.8. The Morgan fingerprint density at radius 2 is 1.80 bits per heavy atom. The van der Waals surface area contributed by atoms with E-state index in [-0.39, 0.29) is 35.9 Å². The number of ether oxygens (including phenoxy) is 2. The Bertz CT molecular complexity index is 1370. The zero-order valence-corrected chi connectivity index (χ0v) is 24.2. The normalized spacial score (nSPS) is 18.1. The van der Waals surface area contributed by atoms with Gasteiger partial charge < -0.3 is 20.1 Å².